The lowest BCUT2D eigenvalue weighted by Crippen LogP contribution is -2.44. The van der Waals surface area contributed by atoms with Gasteiger partial charge in [-0.05, 0) is 44.4 Å². The molecular formula is C14H26O3. The summed E-state index contributed by atoms with van der Waals surface area (Å²) in [6.07, 6.45) is 5.27. The Balaban J connectivity index is 2.74. The van der Waals surface area contributed by atoms with E-state index in [2.05, 4.69) is 6.92 Å². The monoisotopic (exact) mass is 242 g/mol. The fraction of sp³-hybridized carbons (Fsp3) is 0.929. The van der Waals surface area contributed by atoms with E-state index in [0.29, 0.717) is 5.92 Å². The largest absolute Gasteiger partial charge is 0.481 e. The van der Waals surface area contributed by atoms with Crippen LogP contribution in [0.3, 0.4) is 0 Å². The molecule has 1 aliphatic carbocycles. The van der Waals surface area contributed by atoms with Crippen molar-refractivity contribution in [3.05, 3.63) is 0 Å². The lowest BCUT2D eigenvalue weighted by molar-refractivity contribution is -0.159. The van der Waals surface area contributed by atoms with Crippen LogP contribution in [0.25, 0.3) is 0 Å². The van der Waals surface area contributed by atoms with Crippen molar-refractivity contribution in [3.63, 3.8) is 0 Å². The van der Waals surface area contributed by atoms with E-state index in [0.717, 1.165) is 25.7 Å². The highest BCUT2D eigenvalue weighted by Gasteiger charge is 2.47. The third kappa shape index (κ3) is 3.01. The Kier molecular flexibility index (Phi) is 4.99. The first-order valence-corrected chi connectivity index (χ1v) is 6.85. The van der Waals surface area contributed by atoms with Gasteiger partial charge in [-0.25, -0.2) is 0 Å². The molecule has 0 radical (unpaired) electrons. The number of carboxylic acid groups (broad SMARTS) is 1. The first kappa shape index (κ1) is 14.5. The van der Waals surface area contributed by atoms with Crippen LogP contribution in [0.4, 0.5) is 0 Å². The predicted molar refractivity (Wildman–Crippen MR) is 67.8 cm³/mol. The first-order chi connectivity index (χ1) is 7.94. The van der Waals surface area contributed by atoms with Crippen LogP contribution in [0.15, 0.2) is 0 Å². The summed E-state index contributed by atoms with van der Waals surface area (Å²) >= 11 is 0. The highest BCUT2D eigenvalue weighted by Crippen LogP contribution is 2.46. The molecule has 0 bridgehead atoms. The van der Waals surface area contributed by atoms with Gasteiger partial charge in [0.2, 0.25) is 0 Å². The number of carboxylic acids is 1. The Morgan fingerprint density at radius 3 is 2.24 bits per heavy atom. The van der Waals surface area contributed by atoms with E-state index >= 15 is 0 Å². The number of carbonyl (C=O) groups is 1. The maximum absolute atomic E-state index is 11.6. The number of aliphatic hydroxyl groups is 1. The normalized spacial score (nSPS) is 33.1. The van der Waals surface area contributed by atoms with Crippen molar-refractivity contribution in [2.45, 2.75) is 65.4 Å². The molecule has 100 valence electrons. The summed E-state index contributed by atoms with van der Waals surface area (Å²) in [5.74, 6) is -0.197. The zero-order valence-corrected chi connectivity index (χ0v) is 11.3. The van der Waals surface area contributed by atoms with Crippen LogP contribution in [0.5, 0.6) is 0 Å². The molecule has 1 fully saturated rings. The van der Waals surface area contributed by atoms with Crippen LogP contribution >= 0.6 is 0 Å². The molecule has 2 N–H and O–H groups in total. The van der Waals surface area contributed by atoms with E-state index < -0.39 is 17.5 Å². The Labute approximate surface area is 104 Å². The standard InChI is InChI=1S/C14H26O3/c1-4-5-12-6-8-14(9-7-12,13(16)17)10(2)11(3)15/h10-12,15H,4-9H2,1-3H3,(H,16,17). The van der Waals surface area contributed by atoms with Gasteiger partial charge in [-0.2, -0.15) is 0 Å². The first-order valence-electron chi connectivity index (χ1n) is 6.85. The van der Waals surface area contributed by atoms with Gasteiger partial charge in [-0.1, -0.05) is 26.7 Å². The number of aliphatic carboxylic acids is 1. The van der Waals surface area contributed by atoms with Crippen LogP contribution in [0, 0.1) is 17.3 Å². The second-order valence-electron chi connectivity index (χ2n) is 5.72. The number of aliphatic hydroxyl groups excluding tert-OH is 1. The van der Waals surface area contributed by atoms with Crippen molar-refractivity contribution < 1.29 is 15.0 Å². The van der Waals surface area contributed by atoms with E-state index in [9.17, 15) is 15.0 Å². The average molecular weight is 242 g/mol. The Morgan fingerprint density at radius 2 is 1.88 bits per heavy atom. The van der Waals surface area contributed by atoms with Crippen LogP contribution in [-0.4, -0.2) is 22.3 Å². The topological polar surface area (TPSA) is 57.5 Å². The second kappa shape index (κ2) is 5.85. The predicted octanol–water partition coefficient (Wildman–Crippen LogP) is 3.06. The van der Waals surface area contributed by atoms with Crippen molar-refractivity contribution >= 4 is 5.97 Å². The molecule has 0 amide bonds. The molecule has 1 saturated carbocycles. The van der Waals surface area contributed by atoms with E-state index in [1.54, 1.807) is 6.92 Å². The summed E-state index contributed by atoms with van der Waals surface area (Å²) in [5, 5.41) is 19.2. The van der Waals surface area contributed by atoms with Gasteiger partial charge in [-0.15, -0.1) is 0 Å². The molecule has 2 unspecified atom stereocenters. The molecule has 0 aliphatic heterocycles. The smallest absolute Gasteiger partial charge is 0.310 e. The minimum atomic E-state index is -0.721. The van der Waals surface area contributed by atoms with Gasteiger partial charge in [0.15, 0.2) is 0 Å². The van der Waals surface area contributed by atoms with Crippen LogP contribution < -0.4 is 0 Å². The molecule has 2 atom stereocenters. The van der Waals surface area contributed by atoms with Crippen molar-refractivity contribution in [3.8, 4) is 0 Å². The third-order valence-corrected chi connectivity index (χ3v) is 4.72. The third-order valence-electron chi connectivity index (χ3n) is 4.72. The molecule has 0 spiro atoms. The molecular weight excluding hydrogens is 216 g/mol. The van der Waals surface area contributed by atoms with Gasteiger partial charge >= 0.3 is 5.97 Å². The Bertz CT molecular complexity index is 252. The fourth-order valence-electron chi connectivity index (χ4n) is 3.22. The molecule has 3 nitrogen and oxygen atoms in total. The van der Waals surface area contributed by atoms with Crippen molar-refractivity contribution in [2.24, 2.45) is 17.3 Å². The molecule has 0 aromatic carbocycles. The highest BCUT2D eigenvalue weighted by molar-refractivity contribution is 5.75. The highest BCUT2D eigenvalue weighted by atomic mass is 16.4. The summed E-state index contributed by atoms with van der Waals surface area (Å²) in [5.41, 5.74) is -0.696. The second-order valence-corrected chi connectivity index (χ2v) is 5.72. The maximum Gasteiger partial charge on any atom is 0.310 e. The summed E-state index contributed by atoms with van der Waals surface area (Å²) in [7, 11) is 0. The van der Waals surface area contributed by atoms with Gasteiger partial charge in [0.25, 0.3) is 0 Å². The molecule has 0 aromatic rings. The molecule has 0 heterocycles. The Hall–Kier alpha value is -0.570. The van der Waals surface area contributed by atoms with Crippen molar-refractivity contribution in [1.82, 2.24) is 0 Å². The maximum atomic E-state index is 11.6. The zero-order valence-electron chi connectivity index (χ0n) is 11.3. The lowest BCUT2D eigenvalue weighted by atomic mass is 9.62. The number of rotatable bonds is 5. The SMILES string of the molecule is CCCC1CCC(C(=O)O)(C(C)C(C)O)CC1. The van der Waals surface area contributed by atoms with E-state index in [1.165, 1.54) is 12.8 Å². The number of hydrogen-bond acceptors (Lipinski definition) is 2. The minimum absolute atomic E-state index is 0.164. The van der Waals surface area contributed by atoms with Crippen molar-refractivity contribution in [2.75, 3.05) is 0 Å². The lowest BCUT2D eigenvalue weighted by Gasteiger charge is -2.42. The van der Waals surface area contributed by atoms with E-state index in [4.69, 9.17) is 0 Å². The van der Waals surface area contributed by atoms with Crippen LogP contribution in [0.2, 0.25) is 0 Å². The van der Waals surface area contributed by atoms with Crippen LogP contribution in [0.1, 0.15) is 59.3 Å². The van der Waals surface area contributed by atoms with Crippen LogP contribution in [-0.2, 0) is 4.79 Å². The summed E-state index contributed by atoms with van der Waals surface area (Å²) < 4.78 is 0. The Morgan fingerprint density at radius 1 is 1.35 bits per heavy atom. The molecule has 17 heavy (non-hydrogen) atoms. The fourth-order valence-corrected chi connectivity index (χ4v) is 3.22. The van der Waals surface area contributed by atoms with Gasteiger partial charge < -0.3 is 10.2 Å². The summed E-state index contributed by atoms with van der Waals surface area (Å²) in [4.78, 5) is 11.6. The van der Waals surface area contributed by atoms with Gasteiger partial charge in [-0.3, -0.25) is 4.79 Å². The van der Waals surface area contributed by atoms with Crippen molar-refractivity contribution in [1.29, 1.82) is 0 Å². The van der Waals surface area contributed by atoms with Gasteiger partial charge in [0.05, 0.1) is 11.5 Å². The molecule has 1 rings (SSSR count). The molecule has 3 heteroatoms. The number of hydrogen-bond donors (Lipinski definition) is 2. The van der Waals surface area contributed by atoms with Gasteiger partial charge in [0, 0.05) is 0 Å². The molecule has 1 aliphatic rings. The zero-order chi connectivity index (χ0) is 13.1. The summed E-state index contributed by atoms with van der Waals surface area (Å²) in [6, 6.07) is 0. The minimum Gasteiger partial charge on any atom is -0.481 e. The quantitative estimate of drug-likeness (QED) is 0.779. The average Bonchev–Trinajstić information content (AvgIpc) is 2.29. The molecule has 0 aromatic heterocycles. The molecule has 0 saturated heterocycles. The summed E-state index contributed by atoms with van der Waals surface area (Å²) in [6.45, 7) is 5.75. The van der Waals surface area contributed by atoms with Gasteiger partial charge in [0.1, 0.15) is 0 Å². The van der Waals surface area contributed by atoms with E-state index in [1.807, 2.05) is 6.92 Å². The van der Waals surface area contributed by atoms with E-state index in [-0.39, 0.29) is 5.92 Å².